The summed E-state index contributed by atoms with van der Waals surface area (Å²) in [5, 5.41) is 12.3. The van der Waals surface area contributed by atoms with Crippen molar-refractivity contribution < 1.29 is 14.6 Å². The largest absolute Gasteiger partial charge is 0.488 e. The van der Waals surface area contributed by atoms with E-state index in [1.165, 1.54) is 6.07 Å². The molecule has 1 aromatic heterocycles. The van der Waals surface area contributed by atoms with Gasteiger partial charge in [0.1, 0.15) is 11.9 Å². The summed E-state index contributed by atoms with van der Waals surface area (Å²) in [5.41, 5.74) is 1.47. The Morgan fingerprint density at radius 1 is 1.25 bits per heavy atom. The number of nitrogens with one attached hydrogen (secondary N) is 1. The van der Waals surface area contributed by atoms with Gasteiger partial charge in [0.05, 0.1) is 5.69 Å². The van der Waals surface area contributed by atoms with E-state index >= 15 is 0 Å². The summed E-state index contributed by atoms with van der Waals surface area (Å²) in [6, 6.07) is 12.7. The molecule has 1 aliphatic rings. The van der Waals surface area contributed by atoms with Crippen LogP contribution in [-0.2, 0) is 0 Å². The number of nitrogens with zero attached hydrogens (tertiary/aromatic N) is 1. The first-order valence-corrected chi connectivity index (χ1v) is 6.40. The third-order valence-corrected chi connectivity index (χ3v) is 3.13. The monoisotopic (exact) mass is 270 g/mol. The van der Waals surface area contributed by atoms with E-state index in [1.807, 2.05) is 30.3 Å². The molecule has 3 rings (SSSR count). The van der Waals surface area contributed by atoms with Crippen LogP contribution in [0.5, 0.6) is 5.75 Å². The van der Waals surface area contributed by atoms with E-state index in [9.17, 15) is 4.79 Å². The molecular formula is C15H14N2O3. The second kappa shape index (κ2) is 5.30. The van der Waals surface area contributed by atoms with E-state index in [-0.39, 0.29) is 11.8 Å². The molecule has 2 aromatic rings. The summed E-state index contributed by atoms with van der Waals surface area (Å²) in [6.07, 6.45) is 0.0997. The van der Waals surface area contributed by atoms with Crippen molar-refractivity contribution in [2.24, 2.45) is 0 Å². The second-order valence-corrected chi connectivity index (χ2v) is 4.64. The molecule has 2 heterocycles. The van der Waals surface area contributed by atoms with Crippen LogP contribution in [0.15, 0.2) is 42.5 Å². The van der Waals surface area contributed by atoms with Gasteiger partial charge in [0.25, 0.3) is 0 Å². The maximum atomic E-state index is 11.2. The molecule has 1 aliphatic heterocycles. The van der Waals surface area contributed by atoms with Crippen molar-refractivity contribution in [3.8, 4) is 17.0 Å². The Morgan fingerprint density at radius 2 is 2.00 bits per heavy atom. The van der Waals surface area contributed by atoms with E-state index in [0.29, 0.717) is 11.4 Å². The molecular weight excluding hydrogens is 256 g/mol. The minimum atomic E-state index is -1.06. The Labute approximate surface area is 116 Å². The van der Waals surface area contributed by atoms with Crippen LogP contribution >= 0.6 is 0 Å². The van der Waals surface area contributed by atoms with Gasteiger partial charge in [0.2, 0.25) is 0 Å². The lowest BCUT2D eigenvalue weighted by molar-refractivity contribution is 0.0689. The van der Waals surface area contributed by atoms with E-state index in [2.05, 4.69) is 10.3 Å². The number of carboxylic acids is 1. The van der Waals surface area contributed by atoms with E-state index in [4.69, 9.17) is 9.84 Å². The minimum Gasteiger partial charge on any atom is -0.488 e. The minimum absolute atomic E-state index is 0.00589. The topological polar surface area (TPSA) is 71.5 Å². The van der Waals surface area contributed by atoms with Crippen molar-refractivity contribution in [3.05, 3.63) is 48.2 Å². The molecule has 0 radical (unpaired) electrons. The number of aromatic carboxylic acids is 1. The first-order chi connectivity index (χ1) is 9.72. The zero-order valence-corrected chi connectivity index (χ0v) is 10.7. The molecule has 2 N–H and O–H groups in total. The fourth-order valence-corrected chi connectivity index (χ4v) is 1.98. The number of rotatable bonds is 4. The van der Waals surface area contributed by atoms with Crippen molar-refractivity contribution in [1.82, 2.24) is 10.3 Å². The van der Waals surface area contributed by atoms with Crippen molar-refractivity contribution >= 4 is 5.97 Å². The SMILES string of the molecule is O=C(O)c1cc(OC2CNC2)cc(-c2ccccc2)n1. The van der Waals surface area contributed by atoms with Gasteiger partial charge in [0, 0.05) is 30.8 Å². The Bertz CT molecular complexity index is 624. The fraction of sp³-hybridized carbons (Fsp3) is 0.200. The number of pyridine rings is 1. The summed E-state index contributed by atoms with van der Waals surface area (Å²) < 4.78 is 5.74. The zero-order valence-electron chi connectivity index (χ0n) is 10.7. The standard InChI is InChI=1S/C15H14N2O3/c18-15(19)14-7-11(20-12-8-16-9-12)6-13(17-14)10-4-2-1-3-5-10/h1-7,12,16H,8-9H2,(H,18,19). The number of carboxylic acid groups (broad SMARTS) is 1. The quantitative estimate of drug-likeness (QED) is 0.886. The molecule has 0 bridgehead atoms. The summed E-state index contributed by atoms with van der Waals surface area (Å²) in [4.78, 5) is 15.3. The number of ether oxygens (including phenoxy) is 1. The highest BCUT2D eigenvalue weighted by Gasteiger charge is 2.20. The van der Waals surface area contributed by atoms with Crippen molar-refractivity contribution in [2.75, 3.05) is 13.1 Å². The third-order valence-electron chi connectivity index (χ3n) is 3.13. The Kier molecular flexibility index (Phi) is 3.35. The Balaban J connectivity index is 1.98. The van der Waals surface area contributed by atoms with Gasteiger partial charge >= 0.3 is 5.97 Å². The van der Waals surface area contributed by atoms with Crippen LogP contribution in [0, 0.1) is 0 Å². The summed E-state index contributed by atoms with van der Waals surface area (Å²) in [5.74, 6) is -0.512. The van der Waals surface area contributed by atoms with Crippen LogP contribution in [0.2, 0.25) is 0 Å². The van der Waals surface area contributed by atoms with E-state index in [1.54, 1.807) is 6.07 Å². The average Bonchev–Trinajstić information content (AvgIpc) is 2.43. The molecule has 0 atom stereocenters. The molecule has 0 unspecified atom stereocenters. The maximum absolute atomic E-state index is 11.2. The van der Waals surface area contributed by atoms with E-state index in [0.717, 1.165) is 18.7 Å². The Hall–Kier alpha value is -2.40. The van der Waals surface area contributed by atoms with E-state index < -0.39 is 5.97 Å². The molecule has 5 heteroatoms. The van der Waals surface area contributed by atoms with Gasteiger partial charge < -0.3 is 15.2 Å². The molecule has 102 valence electrons. The highest BCUT2D eigenvalue weighted by atomic mass is 16.5. The van der Waals surface area contributed by atoms with Gasteiger partial charge in [-0.15, -0.1) is 0 Å². The van der Waals surface area contributed by atoms with Gasteiger partial charge in [0.15, 0.2) is 5.69 Å². The normalized spacial score (nSPS) is 14.6. The van der Waals surface area contributed by atoms with Crippen LogP contribution in [0.25, 0.3) is 11.3 Å². The summed E-state index contributed by atoms with van der Waals surface area (Å²) >= 11 is 0. The predicted octanol–water partition coefficient (Wildman–Crippen LogP) is 1.80. The zero-order chi connectivity index (χ0) is 13.9. The third kappa shape index (κ3) is 2.62. The first-order valence-electron chi connectivity index (χ1n) is 6.40. The summed E-state index contributed by atoms with van der Waals surface area (Å²) in [6.45, 7) is 1.57. The van der Waals surface area contributed by atoms with Crippen molar-refractivity contribution in [2.45, 2.75) is 6.10 Å². The van der Waals surface area contributed by atoms with Crippen molar-refractivity contribution in [1.29, 1.82) is 0 Å². The van der Waals surface area contributed by atoms with Gasteiger partial charge in [-0.2, -0.15) is 0 Å². The smallest absolute Gasteiger partial charge is 0.354 e. The lowest BCUT2D eigenvalue weighted by atomic mass is 10.1. The highest BCUT2D eigenvalue weighted by molar-refractivity contribution is 5.86. The van der Waals surface area contributed by atoms with Crippen LogP contribution in [0.1, 0.15) is 10.5 Å². The Morgan fingerprint density at radius 3 is 2.60 bits per heavy atom. The van der Waals surface area contributed by atoms with Gasteiger partial charge in [-0.25, -0.2) is 9.78 Å². The molecule has 0 amide bonds. The maximum Gasteiger partial charge on any atom is 0.354 e. The number of aromatic nitrogens is 1. The van der Waals surface area contributed by atoms with Crippen LogP contribution < -0.4 is 10.1 Å². The molecule has 0 saturated carbocycles. The lowest BCUT2D eigenvalue weighted by Crippen LogP contribution is -2.50. The van der Waals surface area contributed by atoms with Gasteiger partial charge in [-0.3, -0.25) is 0 Å². The van der Waals surface area contributed by atoms with Crippen LogP contribution in [0.3, 0.4) is 0 Å². The molecule has 1 saturated heterocycles. The number of carbonyl (C=O) groups is 1. The first kappa shape index (κ1) is 12.6. The predicted molar refractivity (Wildman–Crippen MR) is 73.9 cm³/mol. The number of hydrogen-bond acceptors (Lipinski definition) is 4. The lowest BCUT2D eigenvalue weighted by Gasteiger charge is -2.28. The molecule has 1 fully saturated rings. The molecule has 1 aromatic carbocycles. The van der Waals surface area contributed by atoms with Crippen molar-refractivity contribution in [3.63, 3.8) is 0 Å². The molecule has 0 spiro atoms. The molecule has 20 heavy (non-hydrogen) atoms. The van der Waals surface area contributed by atoms with Crippen LogP contribution in [0.4, 0.5) is 0 Å². The van der Waals surface area contributed by atoms with Gasteiger partial charge in [-0.1, -0.05) is 30.3 Å². The number of benzene rings is 1. The fourth-order valence-electron chi connectivity index (χ4n) is 1.98. The molecule has 0 aliphatic carbocycles. The second-order valence-electron chi connectivity index (χ2n) is 4.64. The summed E-state index contributed by atoms with van der Waals surface area (Å²) in [7, 11) is 0. The van der Waals surface area contributed by atoms with Gasteiger partial charge in [-0.05, 0) is 0 Å². The number of hydrogen-bond donors (Lipinski definition) is 2. The average molecular weight is 270 g/mol. The molecule has 5 nitrogen and oxygen atoms in total. The highest BCUT2D eigenvalue weighted by Crippen LogP contribution is 2.24. The van der Waals surface area contributed by atoms with Crippen LogP contribution in [-0.4, -0.2) is 35.3 Å².